The molecular formula is C14H18ClNO2. The van der Waals surface area contributed by atoms with Crippen LogP contribution in [0.15, 0.2) is 18.2 Å². The predicted octanol–water partition coefficient (Wildman–Crippen LogP) is 3.27. The van der Waals surface area contributed by atoms with Crippen molar-refractivity contribution >= 4 is 17.6 Å². The molecule has 18 heavy (non-hydrogen) atoms. The Morgan fingerprint density at radius 2 is 2.11 bits per heavy atom. The van der Waals surface area contributed by atoms with E-state index in [0.29, 0.717) is 5.02 Å². The molecule has 0 unspecified atom stereocenters. The summed E-state index contributed by atoms with van der Waals surface area (Å²) in [5.74, 6) is -0.124. The normalized spacial score (nSPS) is 17.9. The summed E-state index contributed by atoms with van der Waals surface area (Å²) in [5, 5.41) is 9.43. The Morgan fingerprint density at radius 3 is 2.67 bits per heavy atom. The fraction of sp³-hybridized carbons (Fsp3) is 0.500. The van der Waals surface area contributed by atoms with Crippen LogP contribution in [0.4, 0.5) is 0 Å². The Morgan fingerprint density at radius 1 is 1.44 bits per heavy atom. The van der Waals surface area contributed by atoms with E-state index < -0.39 is 5.97 Å². The lowest BCUT2D eigenvalue weighted by Crippen LogP contribution is -2.32. The summed E-state index contributed by atoms with van der Waals surface area (Å²) in [7, 11) is 0. The van der Waals surface area contributed by atoms with E-state index >= 15 is 0 Å². The molecule has 1 aromatic carbocycles. The van der Waals surface area contributed by atoms with Crippen LogP contribution in [0.5, 0.6) is 0 Å². The molecule has 1 aromatic rings. The molecule has 3 nitrogen and oxygen atoms in total. The molecule has 0 saturated carbocycles. The van der Waals surface area contributed by atoms with Crippen LogP contribution in [-0.2, 0) is 6.54 Å². The molecule has 1 fully saturated rings. The number of aromatic carboxylic acids is 1. The van der Waals surface area contributed by atoms with E-state index in [9.17, 15) is 4.79 Å². The molecule has 1 aliphatic rings. The van der Waals surface area contributed by atoms with Gasteiger partial charge in [0.2, 0.25) is 0 Å². The molecule has 1 saturated heterocycles. The van der Waals surface area contributed by atoms with E-state index in [1.54, 1.807) is 6.07 Å². The highest BCUT2D eigenvalue weighted by Crippen LogP contribution is 2.23. The van der Waals surface area contributed by atoms with Crippen LogP contribution in [0.25, 0.3) is 0 Å². The van der Waals surface area contributed by atoms with E-state index in [4.69, 9.17) is 16.7 Å². The summed E-state index contributed by atoms with van der Waals surface area (Å²) in [5.41, 5.74) is 1.26. The number of nitrogens with zero attached hydrogens (tertiary/aromatic N) is 1. The summed E-state index contributed by atoms with van der Waals surface area (Å²) in [6, 6.07) is 4.98. The first-order chi connectivity index (χ1) is 8.56. The molecule has 0 aromatic heterocycles. The highest BCUT2D eigenvalue weighted by Gasteiger charge is 2.17. The van der Waals surface area contributed by atoms with Crippen LogP contribution in [0.1, 0.15) is 35.7 Å². The van der Waals surface area contributed by atoms with Gasteiger partial charge in [-0.15, -0.1) is 0 Å². The van der Waals surface area contributed by atoms with Crippen LogP contribution in [0, 0.1) is 5.92 Å². The van der Waals surface area contributed by atoms with Crippen molar-refractivity contribution in [3.63, 3.8) is 0 Å². The Bertz CT molecular complexity index is 439. The van der Waals surface area contributed by atoms with Crippen LogP contribution >= 0.6 is 11.6 Å². The molecule has 1 N–H and O–H groups in total. The standard InChI is InChI=1S/C14H18ClNO2/c1-10-4-6-16(7-5-10)9-12-3-2-11(14(17)18)8-13(12)15/h2-3,8,10H,4-7,9H2,1H3,(H,17,18). The number of halogens is 1. The molecule has 0 aliphatic carbocycles. The van der Waals surface area contributed by atoms with Crippen LogP contribution in [0.2, 0.25) is 5.02 Å². The van der Waals surface area contributed by atoms with E-state index in [1.165, 1.54) is 18.9 Å². The van der Waals surface area contributed by atoms with Gasteiger partial charge >= 0.3 is 5.97 Å². The molecule has 0 spiro atoms. The van der Waals surface area contributed by atoms with Gasteiger partial charge in [-0.25, -0.2) is 4.79 Å². The lowest BCUT2D eigenvalue weighted by Gasteiger charge is -2.30. The minimum atomic E-state index is -0.935. The van der Waals surface area contributed by atoms with Crippen molar-refractivity contribution in [3.05, 3.63) is 34.3 Å². The first-order valence-corrected chi connectivity index (χ1v) is 6.68. The van der Waals surface area contributed by atoms with E-state index in [0.717, 1.165) is 31.1 Å². The van der Waals surface area contributed by atoms with Gasteiger partial charge in [0.05, 0.1) is 5.56 Å². The SMILES string of the molecule is CC1CCN(Cc2ccc(C(=O)O)cc2Cl)CC1. The number of piperidine rings is 1. The van der Waals surface area contributed by atoms with Gasteiger partial charge in [0.25, 0.3) is 0 Å². The topological polar surface area (TPSA) is 40.5 Å². The molecule has 0 atom stereocenters. The number of rotatable bonds is 3. The number of hydrogen-bond acceptors (Lipinski definition) is 2. The maximum absolute atomic E-state index is 10.8. The molecule has 98 valence electrons. The Hall–Kier alpha value is -1.06. The highest BCUT2D eigenvalue weighted by atomic mass is 35.5. The maximum atomic E-state index is 10.8. The first-order valence-electron chi connectivity index (χ1n) is 6.30. The zero-order chi connectivity index (χ0) is 13.1. The zero-order valence-corrected chi connectivity index (χ0v) is 11.3. The van der Waals surface area contributed by atoms with Gasteiger partial charge in [-0.3, -0.25) is 4.90 Å². The third-order valence-electron chi connectivity index (χ3n) is 3.57. The quantitative estimate of drug-likeness (QED) is 0.914. The number of carboxylic acid groups (broad SMARTS) is 1. The molecule has 1 heterocycles. The minimum Gasteiger partial charge on any atom is -0.478 e. The number of carboxylic acids is 1. The molecule has 0 radical (unpaired) electrons. The third-order valence-corrected chi connectivity index (χ3v) is 3.92. The predicted molar refractivity (Wildman–Crippen MR) is 72.1 cm³/mol. The second-order valence-electron chi connectivity index (χ2n) is 5.07. The number of carbonyl (C=O) groups is 1. The number of hydrogen-bond donors (Lipinski definition) is 1. The average molecular weight is 268 g/mol. The summed E-state index contributed by atoms with van der Waals surface area (Å²) in [6.07, 6.45) is 2.45. The van der Waals surface area contributed by atoms with Crippen molar-refractivity contribution in [1.29, 1.82) is 0 Å². The van der Waals surface area contributed by atoms with Gasteiger partial charge < -0.3 is 5.11 Å². The summed E-state index contributed by atoms with van der Waals surface area (Å²) in [6.45, 7) is 5.29. The molecule has 2 rings (SSSR count). The van der Waals surface area contributed by atoms with Gasteiger partial charge in [-0.05, 0) is 49.5 Å². The van der Waals surface area contributed by atoms with E-state index in [2.05, 4.69) is 11.8 Å². The second kappa shape index (κ2) is 5.72. The Kier molecular flexibility index (Phi) is 4.25. The lowest BCUT2D eigenvalue weighted by molar-refractivity contribution is 0.0697. The van der Waals surface area contributed by atoms with Crippen molar-refractivity contribution in [2.24, 2.45) is 5.92 Å². The van der Waals surface area contributed by atoms with E-state index in [1.807, 2.05) is 6.07 Å². The van der Waals surface area contributed by atoms with Crippen molar-refractivity contribution < 1.29 is 9.90 Å². The maximum Gasteiger partial charge on any atom is 0.335 e. The summed E-state index contributed by atoms with van der Waals surface area (Å²) in [4.78, 5) is 13.2. The van der Waals surface area contributed by atoms with Crippen molar-refractivity contribution in [2.75, 3.05) is 13.1 Å². The van der Waals surface area contributed by atoms with Crippen molar-refractivity contribution in [1.82, 2.24) is 4.90 Å². The minimum absolute atomic E-state index is 0.246. The number of benzene rings is 1. The molecular weight excluding hydrogens is 250 g/mol. The van der Waals surface area contributed by atoms with Crippen LogP contribution in [0.3, 0.4) is 0 Å². The Balaban J connectivity index is 2.03. The van der Waals surface area contributed by atoms with Crippen LogP contribution in [-0.4, -0.2) is 29.1 Å². The summed E-state index contributed by atoms with van der Waals surface area (Å²) < 4.78 is 0. The monoisotopic (exact) mass is 267 g/mol. The molecule has 0 bridgehead atoms. The average Bonchev–Trinajstić information content (AvgIpc) is 2.34. The fourth-order valence-electron chi connectivity index (χ4n) is 2.27. The zero-order valence-electron chi connectivity index (χ0n) is 10.5. The summed E-state index contributed by atoms with van der Waals surface area (Å²) >= 11 is 6.13. The molecule has 0 amide bonds. The van der Waals surface area contributed by atoms with Gasteiger partial charge in [0, 0.05) is 11.6 Å². The van der Waals surface area contributed by atoms with Gasteiger partial charge in [0.15, 0.2) is 0 Å². The lowest BCUT2D eigenvalue weighted by atomic mass is 9.99. The number of likely N-dealkylation sites (tertiary alicyclic amines) is 1. The largest absolute Gasteiger partial charge is 0.478 e. The third kappa shape index (κ3) is 3.24. The van der Waals surface area contributed by atoms with Gasteiger partial charge in [0.1, 0.15) is 0 Å². The first kappa shape index (κ1) is 13.4. The van der Waals surface area contributed by atoms with E-state index in [-0.39, 0.29) is 5.56 Å². The van der Waals surface area contributed by atoms with Crippen molar-refractivity contribution in [2.45, 2.75) is 26.3 Å². The Labute approximate surface area is 112 Å². The highest BCUT2D eigenvalue weighted by molar-refractivity contribution is 6.31. The molecule has 4 heteroatoms. The fourth-order valence-corrected chi connectivity index (χ4v) is 2.51. The molecule has 1 aliphatic heterocycles. The van der Waals surface area contributed by atoms with Crippen LogP contribution < -0.4 is 0 Å². The second-order valence-corrected chi connectivity index (χ2v) is 5.48. The van der Waals surface area contributed by atoms with Gasteiger partial charge in [-0.1, -0.05) is 24.6 Å². The smallest absolute Gasteiger partial charge is 0.335 e. The van der Waals surface area contributed by atoms with Gasteiger partial charge in [-0.2, -0.15) is 0 Å². The van der Waals surface area contributed by atoms with Crippen molar-refractivity contribution in [3.8, 4) is 0 Å².